The van der Waals surface area contributed by atoms with Crippen LogP contribution < -0.4 is 15.0 Å². The molecule has 0 atom stereocenters. The first-order chi connectivity index (χ1) is 13.9. The lowest BCUT2D eigenvalue weighted by atomic mass is 10.1. The first-order valence-electron chi connectivity index (χ1n) is 8.36. The Labute approximate surface area is 180 Å². The summed E-state index contributed by atoms with van der Waals surface area (Å²) in [6.45, 7) is -0.236. The summed E-state index contributed by atoms with van der Waals surface area (Å²) in [4.78, 5) is 37.8. The Morgan fingerprint density at radius 2 is 1.93 bits per heavy atom. The zero-order valence-electron chi connectivity index (χ0n) is 15.2. The summed E-state index contributed by atoms with van der Waals surface area (Å²) in [5, 5.41) is 2.56. The number of ether oxygens (including phenoxy) is 2. The monoisotopic (exact) mass is 474 g/mol. The third-order valence-corrected chi connectivity index (χ3v) is 4.86. The second-order valence-corrected chi connectivity index (χ2v) is 7.09. The molecule has 7 nitrogen and oxygen atoms in total. The zero-order valence-corrected chi connectivity index (χ0v) is 17.6. The standard InChI is InChI=1S/C20H15BrN2O5S/c1-27-17(24)11-28-16-8-7-12(10-15(16)21)9-14-18(25)22-20(29)23(19(14)26)13-5-3-2-4-6-13/h2-10H,11H2,1H3,(H,22,25,29). The molecule has 1 saturated heterocycles. The molecule has 1 fully saturated rings. The lowest BCUT2D eigenvalue weighted by Gasteiger charge is -2.28. The number of hydrogen-bond acceptors (Lipinski definition) is 6. The van der Waals surface area contributed by atoms with Crippen molar-refractivity contribution in [1.82, 2.24) is 5.32 Å². The number of anilines is 1. The predicted octanol–water partition coefficient (Wildman–Crippen LogP) is 2.83. The largest absolute Gasteiger partial charge is 0.481 e. The topological polar surface area (TPSA) is 84.9 Å². The van der Waals surface area contributed by atoms with Crippen molar-refractivity contribution in [3.8, 4) is 5.75 Å². The molecule has 0 spiro atoms. The fourth-order valence-corrected chi connectivity index (χ4v) is 3.35. The molecule has 0 saturated carbocycles. The van der Waals surface area contributed by atoms with Crippen LogP contribution in [0.1, 0.15) is 5.56 Å². The average molecular weight is 475 g/mol. The Morgan fingerprint density at radius 3 is 2.59 bits per heavy atom. The number of amides is 2. The number of thiocarbonyl (C=S) groups is 1. The number of nitrogens with one attached hydrogen (secondary N) is 1. The van der Waals surface area contributed by atoms with Gasteiger partial charge in [0.2, 0.25) is 0 Å². The van der Waals surface area contributed by atoms with Gasteiger partial charge in [-0.3, -0.25) is 19.8 Å². The van der Waals surface area contributed by atoms with Crippen molar-refractivity contribution in [2.75, 3.05) is 18.6 Å². The molecule has 29 heavy (non-hydrogen) atoms. The molecule has 0 radical (unpaired) electrons. The third-order valence-electron chi connectivity index (χ3n) is 3.96. The summed E-state index contributed by atoms with van der Waals surface area (Å²) in [6.07, 6.45) is 1.46. The van der Waals surface area contributed by atoms with E-state index in [1.807, 2.05) is 6.07 Å². The van der Waals surface area contributed by atoms with Crippen molar-refractivity contribution in [2.24, 2.45) is 0 Å². The van der Waals surface area contributed by atoms with Gasteiger partial charge >= 0.3 is 5.97 Å². The van der Waals surface area contributed by atoms with Crippen molar-refractivity contribution in [2.45, 2.75) is 0 Å². The number of para-hydroxylation sites is 1. The van der Waals surface area contributed by atoms with Gasteiger partial charge in [-0.05, 0) is 64.1 Å². The molecule has 0 aromatic heterocycles. The van der Waals surface area contributed by atoms with E-state index in [2.05, 4.69) is 26.0 Å². The number of methoxy groups -OCH3 is 1. The highest BCUT2D eigenvalue weighted by molar-refractivity contribution is 9.10. The molecular weight excluding hydrogens is 460 g/mol. The van der Waals surface area contributed by atoms with E-state index in [9.17, 15) is 14.4 Å². The Balaban J connectivity index is 1.87. The van der Waals surface area contributed by atoms with Crippen LogP contribution in [0.2, 0.25) is 0 Å². The molecule has 9 heteroatoms. The average Bonchev–Trinajstić information content (AvgIpc) is 2.71. The molecule has 2 aromatic rings. The number of nitrogens with zero attached hydrogens (tertiary/aromatic N) is 1. The summed E-state index contributed by atoms with van der Waals surface area (Å²) in [7, 11) is 1.27. The maximum Gasteiger partial charge on any atom is 0.343 e. The lowest BCUT2D eigenvalue weighted by molar-refractivity contribution is -0.143. The van der Waals surface area contributed by atoms with Gasteiger partial charge in [0.15, 0.2) is 11.7 Å². The van der Waals surface area contributed by atoms with Crippen LogP contribution in [0.25, 0.3) is 6.08 Å². The maximum atomic E-state index is 12.9. The minimum atomic E-state index is -0.575. The highest BCUT2D eigenvalue weighted by atomic mass is 79.9. The molecule has 0 bridgehead atoms. The molecule has 0 aliphatic carbocycles. The summed E-state index contributed by atoms with van der Waals surface area (Å²) in [5.41, 5.74) is 1.08. The Morgan fingerprint density at radius 1 is 1.21 bits per heavy atom. The highest BCUT2D eigenvalue weighted by Crippen LogP contribution is 2.28. The van der Waals surface area contributed by atoms with Crippen LogP contribution in [0, 0.1) is 0 Å². The van der Waals surface area contributed by atoms with Gasteiger partial charge in [-0.25, -0.2) is 4.79 Å². The van der Waals surface area contributed by atoms with Gasteiger partial charge in [-0.2, -0.15) is 0 Å². The van der Waals surface area contributed by atoms with E-state index >= 15 is 0 Å². The predicted molar refractivity (Wildman–Crippen MR) is 114 cm³/mol. The van der Waals surface area contributed by atoms with Gasteiger partial charge in [0.05, 0.1) is 17.3 Å². The van der Waals surface area contributed by atoms with Crippen LogP contribution in [-0.4, -0.2) is 36.6 Å². The molecular formula is C20H15BrN2O5S. The molecule has 1 aliphatic heterocycles. The van der Waals surface area contributed by atoms with E-state index in [0.29, 0.717) is 21.5 Å². The van der Waals surface area contributed by atoms with E-state index in [0.717, 1.165) is 0 Å². The number of halogens is 1. The molecule has 1 aliphatic rings. The van der Waals surface area contributed by atoms with E-state index in [1.54, 1.807) is 42.5 Å². The Kier molecular flexibility index (Phi) is 6.40. The van der Waals surface area contributed by atoms with Crippen LogP contribution in [0.5, 0.6) is 5.75 Å². The van der Waals surface area contributed by atoms with E-state index in [-0.39, 0.29) is 17.3 Å². The van der Waals surface area contributed by atoms with Crippen molar-refractivity contribution in [1.29, 1.82) is 0 Å². The molecule has 1 heterocycles. The minimum absolute atomic E-state index is 0.0242. The van der Waals surface area contributed by atoms with Gasteiger partial charge < -0.3 is 9.47 Å². The maximum absolute atomic E-state index is 12.9. The van der Waals surface area contributed by atoms with E-state index in [4.69, 9.17) is 17.0 Å². The van der Waals surface area contributed by atoms with E-state index in [1.165, 1.54) is 18.1 Å². The molecule has 3 rings (SSSR count). The van der Waals surface area contributed by atoms with Gasteiger partial charge in [0.25, 0.3) is 11.8 Å². The normalized spacial score (nSPS) is 15.3. The molecule has 2 amide bonds. The molecule has 0 unspecified atom stereocenters. The number of benzene rings is 2. The summed E-state index contributed by atoms with van der Waals surface area (Å²) >= 11 is 8.51. The van der Waals surface area contributed by atoms with Gasteiger partial charge in [-0.15, -0.1) is 0 Å². The van der Waals surface area contributed by atoms with Gasteiger partial charge in [0.1, 0.15) is 11.3 Å². The van der Waals surface area contributed by atoms with Crippen LogP contribution in [0.3, 0.4) is 0 Å². The number of hydrogen-bond donors (Lipinski definition) is 1. The summed E-state index contributed by atoms with van der Waals surface area (Å²) < 4.78 is 10.4. The van der Waals surface area contributed by atoms with Gasteiger partial charge in [-0.1, -0.05) is 24.3 Å². The fourth-order valence-electron chi connectivity index (χ4n) is 2.56. The van der Waals surface area contributed by atoms with Crippen LogP contribution in [0.4, 0.5) is 5.69 Å². The number of esters is 1. The van der Waals surface area contributed by atoms with Crippen molar-refractivity contribution in [3.05, 3.63) is 64.1 Å². The lowest BCUT2D eigenvalue weighted by Crippen LogP contribution is -2.54. The summed E-state index contributed by atoms with van der Waals surface area (Å²) in [6, 6.07) is 13.8. The van der Waals surface area contributed by atoms with Crippen molar-refractivity contribution in [3.63, 3.8) is 0 Å². The Hall–Kier alpha value is -3.04. The van der Waals surface area contributed by atoms with Crippen LogP contribution in [-0.2, 0) is 19.1 Å². The quantitative estimate of drug-likeness (QED) is 0.310. The van der Waals surface area contributed by atoms with Crippen LogP contribution >= 0.6 is 28.1 Å². The number of carbonyl (C=O) groups is 3. The van der Waals surface area contributed by atoms with Crippen molar-refractivity contribution < 1.29 is 23.9 Å². The summed E-state index contributed by atoms with van der Waals surface area (Å²) in [5.74, 6) is -1.19. The zero-order chi connectivity index (χ0) is 21.0. The molecule has 2 aromatic carbocycles. The highest BCUT2D eigenvalue weighted by Gasteiger charge is 2.34. The molecule has 148 valence electrons. The number of carbonyl (C=O) groups excluding carboxylic acids is 3. The van der Waals surface area contributed by atoms with E-state index < -0.39 is 17.8 Å². The molecule has 1 N–H and O–H groups in total. The SMILES string of the molecule is COC(=O)COc1ccc(C=C2C(=O)NC(=S)N(c3ccccc3)C2=O)cc1Br. The van der Waals surface area contributed by atoms with Crippen LogP contribution in [0.15, 0.2) is 58.6 Å². The minimum Gasteiger partial charge on any atom is -0.481 e. The smallest absolute Gasteiger partial charge is 0.343 e. The third kappa shape index (κ3) is 4.69. The fraction of sp³-hybridized carbons (Fsp3) is 0.100. The second-order valence-electron chi connectivity index (χ2n) is 5.85. The van der Waals surface area contributed by atoms with Crippen molar-refractivity contribution >= 4 is 62.8 Å². The van der Waals surface area contributed by atoms with Gasteiger partial charge in [0, 0.05) is 0 Å². The Bertz CT molecular complexity index is 1020. The number of rotatable bonds is 5. The second kappa shape index (κ2) is 8.97. The first kappa shape index (κ1) is 20.7. The first-order valence-corrected chi connectivity index (χ1v) is 9.56.